The predicted molar refractivity (Wildman–Crippen MR) is 77.2 cm³/mol. The van der Waals surface area contributed by atoms with Crippen LogP contribution in [0.4, 0.5) is 0 Å². The number of allylic oxidation sites excluding steroid dienone is 1. The third-order valence-electron chi connectivity index (χ3n) is 2.95. The average Bonchev–Trinajstić information content (AvgIpc) is 2.53. The van der Waals surface area contributed by atoms with Crippen molar-refractivity contribution in [2.75, 3.05) is 6.61 Å². The van der Waals surface area contributed by atoms with Gasteiger partial charge >= 0.3 is 5.97 Å². The summed E-state index contributed by atoms with van der Waals surface area (Å²) in [6.07, 6.45) is 2.30. The molecule has 1 aliphatic rings. The van der Waals surface area contributed by atoms with Gasteiger partial charge in [-0.25, -0.2) is 4.79 Å². The molecule has 1 aliphatic carbocycles. The van der Waals surface area contributed by atoms with E-state index in [2.05, 4.69) is 5.32 Å². The van der Waals surface area contributed by atoms with Gasteiger partial charge in [0.15, 0.2) is 5.57 Å². The maximum Gasteiger partial charge on any atom is 0.350 e. The molecule has 0 saturated carbocycles. The summed E-state index contributed by atoms with van der Waals surface area (Å²) >= 11 is 0. The van der Waals surface area contributed by atoms with Crippen LogP contribution in [-0.4, -0.2) is 24.1 Å². The Bertz CT molecular complexity index is 754. The Morgan fingerprint density at radius 1 is 1.32 bits per heavy atom. The molecule has 0 aromatic heterocycles. The standard InChI is InChI=1S/C16H12N2O4/c1-2-22-16(21)10(8-17)9-18-13-7-14(19)15(20)12-6-4-3-5-11(12)13/h3-7,9,18H,2H2,1H3/b10-9+. The minimum absolute atomic E-state index is 0.149. The smallest absolute Gasteiger partial charge is 0.350 e. The summed E-state index contributed by atoms with van der Waals surface area (Å²) in [5, 5.41) is 11.7. The molecule has 1 aromatic carbocycles. The van der Waals surface area contributed by atoms with Gasteiger partial charge in [-0.15, -0.1) is 0 Å². The van der Waals surface area contributed by atoms with Crippen LogP contribution < -0.4 is 5.32 Å². The molecule has 0 heterocycles. The number of Topliss-reactive ketones (excluding diaryl/α,β-unsaturated/α-hetero) is 1. The zero-order valence-electron chi connectivity index (χ0n) is 11.8. The molecule has 110 valence electrons. The number of esters is 1. The number of ether oxygens (including phenoxy) is 1. The molecule has 0 amide bonds. The molecule has 22 heavy (non-hydrogen) atoms. The number of hydrogen-bond donors (Lipinski definition) is 1. The highest BCUT2D eigenvalue weighted by Crippen LogP contribution is 2.23. The fraction of sp³-hybridized carbons (Fsp3) is 0.125. The number of ketones is 2. The van der Waals surface area contributed by atoms with E-state index >= 15 is 0 Å². The molecule has 0 spiro atoms. The number of nitrogens with one attached hydrogen (secondary N) is 1. The molecular weight excluding hydrogens is 284 g/mol. The lowest BCUT2D eigenvalue weighted by molar-refractivity contribution is -0.138. The number of carbonyl (C=O) groups is 3. The van der Waals surface area contributed by atoms with Crippen molar-refractivity contribution < 1.29 is 19.1 Å². The molecule has 0 unspecified atom stereocenters. The van der Waals surface area contributed by atoms with Crippen molar-refractivity contribution in [2.45, 2.75) is 6.92 Å². The van der Waals surface area contributed by atoms with E-state index in [1.165, 1.54) is 0 Å². The SMILES string of the molecule is CCOC(=O)/C(C#N)=C/NC1=CC(=O)C(=O)c2ccccc21. The van der Waals surface area contributed by atoms with Crippen molar-refractivity contribution in [1.29, 1.82) is 5.26 Å². The highest BCUT2D eigenvalue weighted by atomic mass is 16.5. The number of nitrogens with zero attached hydrogens (tertiary/aromatic N) is 1. The van der Waals surface area contributed by atoms with Crippen molar-refractivity contribution in [1.82, 2.24) is 5.32 Å². The van der Waals surface area contributed by atoms with E-state index in [1.807, 2.05) is 0 Å². The molecule has 0 bridgehead atoms. The summed E-state index contributed by atoms with van der Waals surface area (Å²) in [6, 6.07) is 8.31. The van der Waals surface area contributed by atoms with Crippen molar-refractivity contribution in [3.63, 3.8) is 0 Å². The zero-order chi connectivity index (χ0) is 16.1. The first-order valence-electron chi connectivity index (χ1n) is 6.52. The molecule has 1 N–H and O–H groups in total. The first-order valence-corrected chi connectivity index (χ1v) is 6.52. The number of carbonyl (C=O) groups excluding carboxylic acids is 3. The molecule has 0 fully saturated rings. The molecule has 6 heteroatoms. The van der Waals surface area contributed by atoms with E-state index in [0.29, 0.717) is 11.3 Å². The summed E-state index contributed by atoms with van der Waals surface area (Å²) in [7, 11) is 0. The Morgan fingerprint density at radius 3 is 2.64 bits per heavy atom. The summed E-state index contributed by atoms with van der Waals surface area (Å²) < 4.78 is 4.73. The predicted octanol–water partition coefficient (Wildman–Crippen LogP) is 1.35. The van der Waals surface area contributed by atoms with Gasteiger partial charge < -0.3 is 10.1 Å². The summed E-state index contributed by atoms with van der Waals surface area (Å²) in [6.45, 7) is 1.78. The molecular formula is C16H12N2O4. The summed E-state index contributed by atoms with van der Waals surface area (Å²) in [4.78, 5) is 35.0. The molecule has 2 rings (SSSR count). The Labute approximate surface area is 126 Å². The first kappa shape index (κ1) is 15.2. The van der Waals surface area contributed by atoms with Crippen LogP contribution in [0.25, 0.3) is 5.70 Å². The minimum Gasteiger partial charge on any atom is -0.462 e. The van der Waals surface area contributed by atoms with E-state index in [9.17, 15) is 14.4 Å². The van der Waals surface area contributed by atoms with E-state index in [1.54, 1.807) is 37.3 Å². The summed E-state index contributed by atoms with van der Waals surface area (Å²) in [5.41, 5.74) is 0.923. The van der Waals surface area contributed by atoms with Gasteiger partial charge in [0, 0.05) is 23.4 Å². The topological polar surface area (TPSA) is 96.3 Å². The Hall–Kier alpha value is -3.20. The van der Waals surface area contributed by atoms with Crippen LogP contribution in [0.2, 0.25) is 0 Å². The van der Waals surface area contributed by atoms with Crippen LogP contribution in [0.5, 0.6) is 0 Å². The molecule has 0 aliphatic heterocycles. The second kappa shape index (κ2) is 6.50. The highest BCUT2D eigenvalue weighted by Gasteiger charge is 2.25. The van der Waals surface area contributed by atoms with Gasteiger partial charge in [0.1, 0.15) is 6.07 Å². The van der Waals surface area contributed by atoms with Gasteiger partial charge in [0.25, 0.3) is 0 Å². The minimum atomic E-state index is -0.760. The van der Waals surface area contributed by atoms with Crippen LogP contribution in [0.15, 0.2) is 42.1 Å². The second-order valence-corrected chi connectivity index (χ2v) is 4.33. The van der Waals surface area contributed by atoms with E-state index in [4.69, 9.17) is 10.00 Å². The normalized spacial score (nSPS) is 13.8. The molecule has 1 aromatic rings. The molecule has 0 atom stereocenters. The van der Waals surface area contributed by atoms with Gasteiger partial charge in [0.2, 0.25) is 11.6 Å². The largest absolute Gasteiger partial charge is 0.462 e. The van der Waals surface area contributed by atoms with Gasteiger partial charge in [-0.3, -0.25) is 9.59 Å². The van der Waals surface area contributed by atoms with Crippen molar-refractivity contribution in [3.8, 4) is 6.07 Å². The fourth-order valence-electron chi connectivity index (χ4n) is 1.94. The van der Waals surface area contributed by atoms with E-state index < -0.39 is 17.5 Å². The van der Waals surface area contributed by atoms with Crippen molar-refractivity contribution in [2.24, 2.45) is 0 Å². The number of fused-ring (bicyclic) bond motifs is 1. The van der Waals surface area contributed by atoms with Crippen LogP contribution in [-0.2, 0) is 14.3 Å². The van der Waals surface area contributed by atoms with Gasteiger partial charge in [0.05, 0.1) is 12.3 Å². The lowest BCUT2D eigenvalue weighted by Crippen LogP contribution is -2.23. The van der Waals surface area contributed by atoms with Crippen LogP contribution in [0.3, 0.4) is 0 Å². The van der Waals surface area contributed by atoms with Gasteiger partial charge in [-0.1, -0.05) is 24.3 Å². The number of benzene rings is 1. The maximum atomic E-state index is 11.8. The lowest BCUT2D eigenvalue weighted by atomic mass is 9.93. The Balaban J connectivity index is 2.32. The quantitative estimate of drug-likeness (QED) is 0.390. The molecule has 0 radical (unpaired) electrons. The highest BCUT2D eigenvalue weighted by molar-refractivity contribution is 6.50. The van der Waals surface area contributed by atoms with E-state index in [0.717, 1.165) is 12.3 Å². The number of hydrogen-bond acceptors (Lipinski definition) is 6. The number of nitriles is 1. The maximum absolute atomic E-state index is 11.8. The Morgan fingerprint density at radius 2 is 2.00 bits per heavy atom. The second-order valence-electron chi connectivity index (χ2n) is 4.33. The van der Waals surface area contributed by atoms with Gasteiger partial charge in [-0.2, -0.15) is 5.26 Å². The first-order chi connectivity index (χ1) is 10.6. The van der Waals surface area contributed by atoms with Crippen LogP contribution in [0.1, 0.15) is 22.8 Å². The zero-order valence-corrected chi connectivity index (χ0v) is 11.8. The Kier molecular flexibility index (Phi) is 4.49. The van der Waals surface area contributed by atoms with Gasteiger partial charge in [-0.05, 0) is 6.92 Å². The number of rotatable bonds is 4. The third kappa shape index (κ3) is 2.94. The van der Waals surface area contributed by atoms with Crippen LogP contribution in [0, 0.1) is 11.3 Å². The average molecular weight is 296 g/mol. The lowest BCUT2D eigenvalue weighted by Gasteiger charge is -2.15. The molecule has 6 nitrogen and oxygen atoms in total. The fourth-order valence-corrected chi connectivity index (χ4v) is 1.94. The monoisotopic (exact) mass is 296 g/mol. The third-order valence-corrected chi connectivity index (χ3v) is 2.95. The van der Waals surface area contributed by atoms with Crippen LogP contribution >= 0.6 is 0 Å². The summed E-state index contributed by atoms with van der Waals surface area (Å²) in [5.74, 6) is -2.01. The van der Waals surface area contributed by atoms with Crippen molar-refractivity contribution in [3.05, 3.63) is 53.2 Å². The van der Waals surface area contributed by atoms with Crippen molar-refractivity contribution >= 4 is 23.2 Å². The van der Waals surface area contributed by atoms with E-state index in [-0.39, 0.29) is 17.7 Å². The molecule has 0 saturated heterocycles.